The predicted octanol–water partition coefficient (Wildman–Crippen LogP) is 12.2. The van der Waals surface area contributed by atoms with E-state index in [1.54, 1.807) is 0 Å². The summed E-state index contributed by atoms with van der Waals surface area (Å²) in [5, 5.41) is 7.30. The smallest absolute Gasteiger partial charge is 0.0541 e. The van der Waals surface area contributed by atoms with Crippen LogP contribution in [0.4, 0.5) is 0 Å². The van der Waals surface area contributed by atoms with Crippen molar-refractivity contribution in [2.75, 3.05) is 0 Å². The lowest BCUT2D eigenvalue weighted by Gasteiger charge is -2.21. The highest BCUT2D eigenvalue weighted by molar-refractivity contribution is 6.22. The molecule has 8 aromatic rings. The molecule has 0 aliphatic heterocycles. The highest BCUT2D eigenvalue weighted by Crippen LogP contribution is 2.46. The molecular formula is C48H31N. The number of aromatic nitrogens is 1. The van der Waals surface area contributed by atoms with E-state index >= 15 is 0 Å². The minimum Gasteiger partial charge on any atom is -0.309 e. The van der Waals surface area contributed by atoms with Crippen LogP contribution < -0.4 is 0 Å². The van der Waals surface area contributed by atoms with Crippen molar-refractivity contribution in [3.05, 3.63) is 162 Å². The van der Waals surface area contributed by atoms with Crippen LogP contribution in [-0.4, -0.2) is 4.57 Å². The number of fused-ring (bicyclic) bond motifs is 6. The van der Waals surface area contributed by atoms with Crippen LogP contribution in [0.1, 0.15) is 35.6 Å². The van der Waals surface area contributed by atoms with Gasteiger partial charge in [0.05, 0.1) is 11.0 Å². The zero-order valence-corrected chi connectivity index (χ0v) is 27.2. The third-order valence-electron chi connectivity index (χ3n) is 9.78. The average Bonchev–Trinajstić information content (AvgIpc) is 3.30. The van der Waals surface area contributed by atoms with E-state index in [9.17, 15) is 0 Å². The first-order chi connectivity index (χ1) is 24.3. The van der Waals surface area contributed by atoms with Gasteiger partial charge in [-0.25, -0.2) is 0 Å². The molecule has 0 N–H and O–H groups in total. The normalized spacial score (nSPS) is 12.3. The number of benzene rings is 7. The van der Waals surface area contributed by atoms with Crippen molar-refractivity contribution in [2.24, 2.45) is 0 Å². The van der Waals surface area contributed by atoms with E-state index in [0.717, 1.165) is 33.5 Å². The summed E-state index contributed by atoms with van der Waals surface area (Å²) in [7, 11) is 0. The van der Waals surface area contributed by atoms with Gasteiger partial charge in [0.15, 0.2) is 0 Å². The number of nitrogens with zero attached hydrogens (tertiary/aromatic N) is 1. The Labute approximate surface area is 286 Å². The Balaban J connectivity index is 1.36. The maximum atomic E-state index is 6.27. The molecule has 0 saturated heterocycles. The molecule has 0 bridgehead atoms. The number of allylic oxidation sites excluding steroid dienone is 2. The minimum absolute atomic E-state index is 0.710. The Hall–Kier alpha value is -6.54. The molecule has 0 amide bonds. The van der Waals surface area contributed by atoms with E-state index < -0.39 is 0 Å². The number of rotatable bonds is 4. The lowest BCUT2D eigenvalue weighted by molar-refractivity contribution is 1.18. The van der Waals surface area contributed by atoms with Crippen molar-refractivity contribution in [1.29, 1.82) is 0 Å². The second kappa shape index (κ2) is 11.6. The quantitative estimate of drug-likeness (QED) is 0.136. The maximum absolute atomic E-state index is 6.27. The molecule has 9 rings (SSSR count). The molecule has 0 saturated carbocycles. The van der Waals surface area contributed by atoms with Gasteiger partial charge in [0.2, 0.25) is 0 Å². The standard InChI is InChI=1S/C48H31N/c1-3-17-37-35(4-2)36-21-7-5-6-18-32(36)31-44(37)48-42-26-10-8-24-40(42)47(41-25-9-11-27-43(41)48)33-19-16-20-34(30-33)49-45-28-14-12-22-38(45)39-23-13-15-29-46(39)49/h2-3,6,8-20,22-31H,5H2,1H3/b17-3-. The van der Waals surface area contributed by atoms with Crippen molar-refractivity contribution >= 4 is 55.5 Å². The maximum Gasteiger partial charge on any atom is 0.0541 e. The number of hydrogen-bond acceptors (Lipinski definition) is 0. The molecule has 0 fully saturated rings. The first-order valence-corrected chi connectivity index (χ1v) is 16.8. The fourth-order valence-electron chi connectivity index (χ4n) is 7.80. The molecule has 1 heterocycles. The molecule has 1 heteroatoms. The van der Waals surface area contributed by atoms with Crippen molar-refractivity contribution < 1.29 is 0 Å². The van der Waals surface area contributed by atoms with Crippen molar-refractivity contribution in [3.63, 3.8) is 0 Å². The van der Waals surface area contributed by atoms with Gasteiger partial charge in [-0.15, -0.1) is 6.42 Å². The highest BCUT2D eigenvalue weighted by Gasteiger charge is 2.22. The van der Waals surface area contributed by atoms with Crippen LogP contribution in [0.2, 0.25) is 0 Å². The van der Waals surface area contributed by atoms with Gasteiger partial charge < -0.3 is 4.57 Å². The van der Waals surface area contributed by atoms with Crippen LogP contribution in [0.5, 0.6) is 0 Å². The summed E-state index contributed by atoms with van der Waals surface area (Å²) < 4.78 is 2.39. The van der Waals surface area contributed by atoms with Gasteiger partial charge in [-0.1, -0.05) is 139 Å². The van der Waals surface area contributed by atoms with Gasteiger partial charge >= 0.3 is 0 Å². The van der Waals surface area contributed by atoms with Gasteiger partial charge in [0, 0.05) is 34.0 Å². The van der Waals surface area contributed by atoms with Crippen LogP contribution in [0.15, 0.2) is 140 Å². The van der Waals surface area contributed by atoms with Crippen LogP contribution in [-0.2, 0) is 0 Å². The van der Waals surface area contributed by atoms with E-state index in [1.165, 1.54) is 60.0 Å². The second-order valence-corrected chi connectivity index (χ2v) is 12.5. The third kappa shape index (κ3) is 4.45. The molecule has 0 radical (unpaired) electrons. The third-order valence-corrected chi connectivity index (χ3v) is 9.78. The number of para-hydroxylation sites is 2. The summed E-state index contributed by atoms with van der Waals surface area (Å²) >= 11 is 0. The Morgan fingerprint density at radius 3 is 1.88 bits per heavy atom. The van der Waals surface area contributed by atoms with Crippen molar-refractivity contribution in [2.45, 2.75) is 13.3 Å². The predicted molar refractivity (Wildman–Crippen MR) is 210 cm³/mol. The highest BCUT2D eigenvalue weighted by atomic mass is 15.0. The summed E-state index contributed by atoms with van der Waals surface area (Å²) in [6.45, 7) is 2.05. The molecule has 1 aliphatic rings. The van der Waals surface area contributed by atoms with Crippen LogP contribution >= 0.6 is 0 Å². The minimum atomic E-state index is 0.710. The Morgan fingerprint density at radius 2 is 1.27 bits per heavy atom. The monoisotopic (exact) mass is 621 g/mol. The Kier molecular flexibility index (Phi) is 6.79. The SMILES string of the molecule is C#Cc1c2c(cc(-c3c4ccccc4c(-c4cccc(-n5c6ccccc6c6ccccc65)c4)c4ccccc34)c1/C=C\C)C=CCC#C2. The molecule has 228 valence electrons. The van der Waals surface area contributed by atoms with Gasteiger partial charge in [-0.05, 0) is 92.2 Å². The zero-order chi connectivity index (χ0) is 32.9. The fraction of sp³-hybridized carbons (Fsp3) is 0.0417. The van der Waals surface area contributed by atoms with Gasteiger partial charge in [-0.3, -0.25) is 0 Å². The first-order valence-electron chi connectivity index (χ1n) is 16.8. The average molecular weight is 622 g/mol. The van der Waals surface area contributed by atoms with Crippen molar-refractivity contribution in [1.82, 2.24) is 4.57 Å². The van der Waals surface area contributed by atoms with E-state index in [2.05, 4.69) is 174 Å². The van der Waals surface area contributed by atoms with E-state index in [0.29, 0.717) is 6.42 Å². The molecule has 7 aromatic carbocycles. The summed E-state index contributed by atoms with van der Waals surface area (Å²) in [4.78, 5) is 0. The lowest BCUT2D eigenvalue weighted by Crippen LogP contribution is -1.99. The summed E-state index contributed by atoms with van der Waals surface area (Å²) in [5.74, 6) is 9.68. The van der Waals surface area contributed by atoms with Crippen LogP contribution in [0.3, 0.4) is 0 Å². The van der Waals surface area contributed by atoms with E-state index in [-0.39, 0.29) is 0 Å². The largest absolute Gasteiger partial charge is 0.309 e. The molecule has 1 aromatic heterocycles. The molecule has 0 unspecified atom stereocenters. The molecule has 1 nitrogen and oxygen atoms in total. The van der Waals surface area contributed by atoms with Gasteiger partial charge in [0.1, 0.15) is 0 Å². The zero-order valence-electron chi connectivity index (χ0n) is 27.2. The summed E-state index contributed by atoms with van der Waals surface area (Å²) in [6, 6.07) is 46.3. The topological polar surface area (TPSA) is 4.93 Å². The first kappa shape index (κ1) is 28.7. The lowest BCUT2D eigenvalue weighted by atomic mass is 9.82. The molecule has 0 spiro atoms. The molecule has 1 aliphatic carbocycles. The van der Waals surface area contributed by atoms with E-state index in [1.807, 2.05) is 6.92 Å². The Morgan fingerprint density at radius 1 is 0.673 bits per heavy atom. The molecule has 0 atom stereocenters. The summed E-state index contributed by atoms with van der Waals surface area (Å²) in [5.41, 5.74) is 12.1. The van der Waals surface area contributed by atoms with Crippen molar-refractivity contribution in [3.8, 4) is 52.1 Å². The number of terminal acetylenes is 1. The Bertz CT molecular complexity index is 2710. The van der Waals surface area contributed by atoms with Crippen LogP contribution in [0, 0.1) is 24.2 Å². The second-order valence-electron chi connectivity index (χ2n) is 12.5. The van der Waals surface area contributed by atoms with Gasteiger partial charge in [0.25, 0.3) is 0 Å². The van der Waals surface area contributed by atoms with E-state index in [4.69, 9.17) is 6.42 Å². The van der Waals surface area contributed by atoms with Gasteiger partial charge in [-0.2, -0.15) is 0 Å². The fourth-order valence-corrected chi connectivity index (χ4v) is 7.80. The molecular weight excluding hydrogens is 591 g/mol. The molecule has 49 heavy (non-hydrogen) atoms. The van der Waals surface area contributed by atoms with Crippen LogP contribution in [0.25, 0.3) is 83.4 Å². The summed E-state index contributed by atoms with van der Waals surface area (Å²) in [6.07, 6.45) is 15.5. The number of hydrogen-bond donors (Lipinski definition) is 0.